The average molecular weight is 431 g/mol. The topological polar surface area (TPSA) is 9.23 Å². The van der Waals surface area contributed by atoms with Crippen LogP contribution in [0.15, 0.2) is 23.5 Å². The third kappa shape index (κ3) is 4.91. The third-order valence-corrected chi connectivity index (χ3v) is 7.77. The number of halogens is 4. The van der Waals surface area contributed by atoms with Gasteiger partial charge in [0, 0.05) is 5.57 Å². The highest BCUT2D eigenvalue weighted by atomic mass is 19.3. The van der Waals surface area contributed by atoms with Crippen LogP contribution in [-0.2, 0) is 4.74 Å². The normalized spacial score (nSPS) is 33.5. The molecule has 0 spiro atoms. The summed E-state index contributed by atoms with van der Waals surface area (Å²) in [5, 5.41) is 0. The number of allylic oxidation sites excluding steroid dienone is 4. The van der Waals surface area contributed by atoms with Crippen molar-refractivity contribution < 1.29 is 22.3 Å². The Morgan fingerprint density at radius 1 is 0.800 bits per heavy atom. The second-order valence-corrected chi connectivity index (χ2v) is 9.62. The quantitative estimate of drug-likeness (QED) is 0.278. The van der Waals surface area contributed by atoms with Gasteiger partial charge in [-0.2, -0.15) is 17.6 Å². The lowest BCUT2D eigenvalue weighted by Crippen LogP contribution is -2.48. The zero-order chi connectivity index (χ0) is 21.8. The first kappa shape index (κ1) is 23.7. The maximum atomic E-state index is 14.7. The Labute approximate surface area is 179 Å². The SMILES string of the molecule is CCCCCC1CCC(C2CCC(C3=CC=C(OCC)C(F)(F)C3(F)F)CC2)CC1. The summed E-state index contributed by atoms with van der Waals surface area (Å²) in [6, 6.07) is 0. The minimum absolute atomic E-state index is 0.0490. The van der Waals surface area contributed by atoms with E-state index >= 15 is 0 Å². The summed E-state index contributed by atoms with van der Waals surface area (Å²) in [5.41, 5.74) is -0.394. The van der Waals surface area contributed by atoms with Gasteiger partial charge in [0.2, 0.25) is 0 Å². The predicted molar refractivity (Wildman–Crippen MR) is 113 cm³/mol. The standard InChI is InChI=1S/C25H38F4O/c1-3-5-6-7-18-8-10-19(11-9-18)20-12-14-21(15-13-20)22-16-17-23(30-4-2)25(28,29)24(22,26)27/h16-21H,3-15H2,1-2H3. The molecule has 30 heavy (non-hydrogen) atoms. The van der Waals surface area contributed by atoms with Gasteiger partial charge in [-0.05, 0) is 75.2 Å². The second kappa shape index (κ2) is 10.1. The highest BCUT2D eigenvalue weighted by molar-refractivity contribution is 5.36. The van der Waals surface area contributed by atoms with Crippen molar-refractivity contribution in [3.63, 3.8) is 0 Å². The molecule has 3 aliphatic carbocycles. The van der Waals surface area contributed by atoms with Gasteiger partial charge in [-0.3, -0.25) is 0 Å². The Morgan fingerprint density at radius 3 is 1.97 bits per heavy atom. The van der Waals surface area contributed by atoms with Crippen LogP contribution in [0.1, 0.15) is 90.9 Å². The van der Waals surface area contributed by atoms with Gasteiger partial charge < -0.3 is 4.74 Å². The summed E-state index contributed by atoms with van der Waals surface area (Å²) in [6.07, 6.45) is 15.6. The second-order valence-electron chi connectivity index (χ2n) is 9.62. The van der Waals surface area contributed by atoms with Gasteiger partial charge in [0.25, 0.3) is 0 Å². The van der Waals surface area contributed by atoms with Gasteiger partial charge >= 0.3 is 11.8 Å². The lowest BCUT2D eigenvalue weighted by atomic mass is 9.67. The molecule has 0 aromatic carbocycles. The molecule has 0 amide bonds. The van der Waals surface area contributed by atoms with Crippen molar-refractivity contribution in [2.24, 2.45) is 23.7 Å². The fourth-order valence-electron chi connectivity index (χ4n) is 5.93. The summed E-state index contributed by atoms with van der Waals surface area (Å²) in [4.78, 5) is 0. The number of alkyl halides is 4. The number of ether oxygens (including phenoxy) is 1. The van der Waals surface area contributed by atoms with Crippen molar-refractivity contribution in [2.75, 3.05) is 6.61 Å². The van der Waals surface area contributed by atoms with E-state index in [9.17, 15) is 17.6 Å². The van der Waals surface area contributed by atoms with Gasteiger partial charge in [0.15, 0.2) is 5.76 Å². The first-order valence-electron chi connectivity index (χ1n) is 12.1. The summed E-state index contributed by atoms with van der Waals surface area (Å²) in [6.45, 7) is 3.71. The van der Waals surface area contributed by atoms with E-state index in [-0.39, 0.29) is 6.61 Å². The molecule has 0 unspecified atom stereocenters. The Balaban J connectivity index is 1.53. The molecule has 0 aromatic heterocycles. The Morgan fingerprint density at radius 2 is 1.40 bits per heavy atom. The van der Waals surface area contributed by atoms with Crippen LogP contribution in [0.25, 0.3) is 0 Å². The Bertz CT molecular complexity index is 609. The first-order chi connectivity index (χ1) is 14.3. The van der Waals surface area contributed by atoms with Crippen LogP contribution in [0.5, 0.6) is 0 Å². The molecule has 2 saturated carbocycles. The zero-order valence-corrected chi connectivity index (χ0v) is 18.6. The van der Waals surface area contributed by atoms with Gasteiger partial charge in [0.1, 0.15) is 0 Å². The van der Waals surface area contributed by atoms with Crippen LogP contribution in [-0.4, -0.2) is 18.5 Å². The van der Waals surface area contributed by atoms with Crippen molar-refractivity contribution in [1.29, 1.82) is 0 Å². The maximum absolute atomic E-state index is 14.7. The lowest BCUT2D eigenvalue weighted by molar-refractivity contribution is -0.189. The summed E-state index contributed by atoms with van der Waals surface area (Å²) in [7, 11) is 0. The van der Waals surface area contributed by atoms with Crippen LogP contribution in [0.4, 0.5) is 17.6 Å². The molecule has 1 nitrogen and oxygen atoms in total. The van der Waals surface area contributed by atoms with Crippen molar-refractivity contribution >= 4 is 0 Å². The van der Waals surface area contributed by atoms with Crippen molar-refractivity contribution in [1.82, 2.24) is 0 Å². The van der Waals surface area contributed by atoms with E-state index in [1.54, 1.807) is 0 Å². The molecule has 0 aromatic rings. The van der Waals surface area contributed by atoms with Crippen LogP contribution in [0, 0.1) is 23.7 Å². The molecule has 0 atom stereocenters. The minimum atomic E-state index is -4.26. The van der Waals surface area contributed by atoms with E-state index < -0.39 is 29.1 Å². The third-order valence-electron chi connectivity index (χ3n) is 7.77. The summed E-state index contributed by atoms with van der Waals surface area (Å²) < 4.78 is 62.9. The van der Waals surface area contributed by atoms with E-state index in [0.717, 1.165) is 24.8 Å². The summed E-state index contributed by atoms with van der Waals surface area (Å²) >= 11 is 0. The molecule has 0 saturated heterocycles. The van der Waals surface area contributed by atoms with E-state index in [1.807, 2.05) is 0 Å². The fourth-order valence-corrected chi connectivity index (χ4v) is 5.93. The molecule has 0 bridgehead atoms. The van der Waals surface area contributed by atoms with E-state index in [0.29, 0.717) is 24.7 Å². The summed E-state index contributed by atoms with van der Waals surface area (Å²) in [5.74, 6) is -7.66. The molecule has 3 rings (SSSR count). The van der Waals surface area contributed by atoms with Crippen molar-refractivity contribution in [3.05, 3.63) is 23.5 Å². The first-order valence-corrected chi connectivity index (χ1v) is 12.1. The molecule has 0 heterocycles. The highest BCUT2D eigenvalue weighted by Gasteiger charge is 2.64. The average Bonchev–Trinajstić information content (AvgIpc) is 2.73. The van der Waals surface area contributed by atoms with Crippen LogP contribution >= 0.6 is 0 Å². The van der Waals surface area contributed by atoms with Crippen LogP contribution in [0.2, 0.25) is 0 Å². The smallest absolute Gasteiger partial charge is 0.369 e. The number of unbranched alkanes of at least 4 members (excludes halogenated alkanes) is 2. The van der Waals surface area contributed by atoms with E-state index in [4.69, 9.17) is 4.74 Å². The fraction of sp³-hybridized carbons (Fsp3) is 0.840. The van der Waals surface area contributed by atoms with Gasteiger partial charge in [0.05, 0.1) is 6.61 Å². The number of hydrogen-bond donors (Lipinski definition) is 0. The van der Waals surface area contributed by atoms with Crippen LogP contribution < -0.4 is 0 Å². The lowest BCUT2D eigenvalue weighted by Gasteiger charge is -2.41. The predicted octanol–water partition coefficient (Wildman–Crippen LogP) is 8.31. The molecule has 0 aliphatic heterocycles. The number of rotatable bonds is 8. The van der Waals surface area contributed by atoms with Gasteiger partial charge in [-0.15, -0.1) is 0 Å². The molecular formula is C25H38F4O. The molecule has 172 valence electrons. The van der Waals surface area contributed by atoms with Crippen LogP contribution in [0.3, 0.4) is 0 Å². The Hall–Kier alpha value is -1.00. The van der Waals surface area contributed by atoms with E-state index in [2.05, 4.69) is 6.92 Å². The molecule has 0 radical (unpaired) electrons. The molecule has 5 heteroatoms. The zero-order valence-electron chi connectivity index (χ0n) is 18.6. The van der Waals surface area contributed by atoms with Crippen molar-refractivity contribution in [3.8, 4) is 0 Å². The molecule has 3 aliphatic rings. The van der Waals surface area contributed by atoms with Crippen molar-refractivity contribution in [2.45, 2.75) is 103 Å². The van der Waals surface area contributed by atoms with E-state index in [1.165, 1.54) is 64.4 Å². The molecule has 0 N–H and O–H groups in total. The largest absolute Gasteiger partial charge is 0.492 e. The minimum Gasteiger partial charge on any atom is -0.492 e. The van der Waals surface area contributed by atoms with Gasteiger partial charge in [-0.25, -0.2) is 0 Å². The molecular weight excluding hydrogens is 392 g/mol. The molecule has 2 fully saturated rings. The monoisotopic (exact) mass is 430 g/mol. The highest BCUT2D eigenvalue weighted by Crippen LogP contribution is 2.53. The number of hydrogen-bond acceptors (Lipinski definition) is 1. The Kier molecular flexibility index (Phi) is 7.95. The maximum Gasteiger partial charge on any atom is 0.369 e. The van der Waals surface area contributed by atoms with Gasteiger partial charge in [-0.1, -0.05) is 51.5 Å².